The molecule has 1 aromatic heterocycles. The van der Waals surface area contributed by atoms with Crippen LogP contribution < -0.4 is 0 Å². The lowest BCUT2D eigenvalue weighted by Crippen LogP contribution is -2.56. The van der Waals surface area contributed by atoms with Crippen LogP contribution in [0.5, 0.6) is 0 Å². The second kappa shape index (κ2) is 8.88. The second-order valence-corrected chi connectivity index (χ2v) is 7.49. The normalized spacial score (nSPS) is 23.0. The third-order valence-electron chi connectivity index (χ3n) is 4.94. The first-order chi connectivity index (χ1) is 12.7. The van der Waals surface area contributed by atoms with E-state index in [2.05, 4.69) is 16.4 Å². The molecule has 1 unspecified atom stereocenters. The van der Waals surface area contributed by atoms with Crippen LogP contribution in [0.3, 0.4) is 0 Å². The molecule has 3 rings (SSSR count). The Labute approximate surface area is 160 Å². The Kier molecular flexibility index (Phi) is 7.05. The van der Waals surface area contributed by atoms with E-state index >= 15 is 0 Å². The highest BCUT2D eigenvalue weighted by molar-refractivity contribution is 7.08. The van der Waals surface area contributed by atoms with Gasteiger partial charge in [0.1, 0.15) is 0 Å². The lowest BCUT2D eigenvalue weighted by atomic mass is 9.86. The van der Waals surface area contributed by atoms with Gasteiger partial charge in [-0.05, 0) is 43.7 Å². The number of hydrogen-bond donors (Lipinski definition) is 1. The SMILES string of the molecule is C=CCN1CCCC12CCCN(C(=O)c1ccsc1)C2.O=C(O)C(F)(F)F. The number of likely N-dealkylation sites (tertiary alicyclic amines) is 2. The maximum atomic E-state index is 12.6. The van der Waals surface area contributed by atoms with E-state index in [0.717, 1.165) is 38.2 Å². The Morgan fingerprint density at radius 3 is 2.44 bits per heavy atom. The van der Waals surface area contributed by atoms with Crippen LogP contribution in [-0.2, 0) is 4.79 Å². The van der Waals surface area contributed by atoms with Crippen LogP contribution in [0, 0.1) is 0 Å². The molecule has 9 heteroatoms. The Morgan fingerprint density at radius 2 is 1.93 bits per heavy atom. The fraction of sp³-hybridized carbons (Fsp3) is 0.556. The monoisotopic (exact) mass is 404 g/mol. The number of hydrogen-bond acceptors (Lipinski definition) is 4. The molecule has 0 bridgehead atoms. The lowest BCUT2D eigenvalue weighted by Gasteiger charge is -2.45. The minimum absolute atomic E-state index is 0.204. The third-order valence-corrected chi connectivity index (χ3v) is 5.63. The van der Waals surface area contributed by atoms with Crippen LogP contribution in [0.25, 0.3) is 0 Å². The summed E-state index contributed by atoms with van der Waals surface area (Å²) in [4.78, 5) is 26.1. The fourth-order valence-corrected chi connectivity index (χ4v) is 4.38. The van der Waals surface area contributed by atoms with Gasteiger partial charge in [-0.3, -0.25) is 9.69 Å². The molecule has 2 saturated heterocycles. The minimum atomic E-state index is -5.08. The van der Waals surface area contributed by atoms with Crippen molar-refractivity contribution >= 4 is 23.2 Å². The van der Waals surface area contributed by atoms with Gasteiger partial charge in [0, 0.05) is 30.6 Å². The van der Waals surface area contributed by atoms with Crippen molar-refractivity contribution in [2.75, 3.05) is 26.2 Å². The van der Waals surface area contributed by atoms with Gasteiger partial charge >= 0.3 is 12.1 Å². The average Bonchev–Trinajstić information content (AvgIpc) is 3.26. The Hall–Kier alpha value is -1.87. The zero-order chi connectivity index (χ0) is 20.1. The van der Waals surface area contributed by atoms with Crippen molar-refractivity contribution in [3.63, 3.8) is 0 Å². The number of thiophene rings is 1. The summed E-state index contributed by atoms with van der Waals surface area (Å²) in [5.74, 6) is -2.55. The van der Waals surface area contributed by atoms with E-state index in [1.54, 1.807) is 11.3 Å². The van der Waals surface area contributed by atoms with Gasteiger partial charge in [-0.1, -0.05) is 6.08 Å². The molecular weight excluding hydrogens is 381 g/mol. The summed E-state index contributed by atoms with van der Waals surface area (Å²) in [5.41, 5.74) is 1.05. The molecule has 5 nitrogen and oxygen atoms in total. The second-order valence-electron chi connectivity index (χ2n) is 6.71. The smallest absolute Gasteiger partial charge is 0.475 e. The first-order valence-electron chi connectivity index (χ1n) is 8.67. The Bertz CT molecular complexity index is 663. The molecule has 27 heavy (non-hydrogen) atoms. The summed E-state index contributed by atoms with van der Waals surface area (Å²) < 4.78 is 31.7. The number of piperidine rings is 1. The van der Waals surface area contributed by atoms with Gasteiger partial charge in [-0.15, -0.1) is 6.58 Å². The highest BCUT2D eigenvalue weighted by atomic mass is 32.1. The van der Waals surface area contributed by atoms with Crippen LogP contribution in [-0.4, -0.2) is 64.7 Å². The van der Waals surface area contributed by atoms with Gasteiger partial charge in [-0.2, -0.15) is 24.5 Å². The van der Waals surface area contributed by atoms with Crippen molar-refractivity contribution in [3.05, 3.63) is 35.0 Å². The largest absolute Gasteiger partial charge is 0.490 e. The van der Waals surface area contributed by atoms with Gasteiger partial charge in [0.05, 0.1) is 5.56 Å². The molecular formula is C18H23F3N2O3S. The maximum Gasteiger partial charge on any atom is 0.490 e. The van der Waals surface area contributed by atoms with Crippen molar-refractivity contribution in [2.24, 2.45) is 0 Å². The minimum Gasteiger partial charge on any atom is -0.475 e. The number of carbonyl (C=O) groups excluding carboxylic acids is 1. The number of rotatable bonds is 3. The number of halogens is 3. The Balaban J connectivity index is 0.000000321. The summed E-state index contributed by atoms with van der Waals surface area (Å²) in [6, 6.07) is 1.93. The summed E-state index contributed by atoms with van der Waals surface area (Å²) in [6.07, 6.45) is 1.70. The van der Waals surface area contributed by atoms with E-state index in [1.807, 2.05) is 22.9 Å². The van der Waals surface area contributed by atoms with Crippen molar-refractivity contribution in [3.8, 4) is 0 Å². The molecule has 3 heterocycles. The van der Waals surface area contributed by atoms with Gasteiger partial charge in [-0.25, -0.2) is 4.79 Å². The van der Waals surface area contributed by atoms with E-state index in [4.69, 9.17) is 9.90 Å². The standard InChI is InChI=1S/C16H22N2OS.C2HF3O2/c1-2-8-18-10-4-7-16(18)6-3-9-17(13-16)15(19)14-5-11-20-12-14;3-2(4,5)1(6)7/h2,5,11-12H,1,3-4,6-10,13H2;(H,6,7). The molecule has 0 saturated carbocycles. The van der Waals surface area contributed by atoms with Gasteiger partial charge in [0.25, 0.3) is 5.91 Å². The molecule has 1 atom stereocenters. The van der Waals surface area contributed by atoms with Crippen LogP contribution >= 0.6 is 11.3 Å². The number of aliphatic carboxylic acids is 1. The van der Waals surface area contributed by atoms with E-state index < -0.39 is 12.1 Å². The predicted octanol–water partition coefficient (Wildman–Crippen LogP) is 3.64. The summed E-state index contributed by atoms with van der Waals surface area (Å²) in [5, 5.41) is 11.1. The van der Waals surface area contributed by atoms with Crippen molar-refractivity contribution < 1.29 is 27.9 Å². The molecule has 150 valence electrons. The van der Waals surface area contributed by atoms with Gasteiger partial charge in [0.15, 0.2) is 0 Å². The van der Waals surface area contributed by atoms with Crippen molar-refractivity contribution in [2.45, 2.75) is 37.4 Å². The summed E-state index contributed by atoms with van der Waals surface area (Å²) >= 11 is 1.59. The van der Waals surface area contributed by atoms with E-state index in [9.17, 15) is 18.0 Å². The molecule has 2 fully saturated rings. The highest BCUT2D eigenvalue weighted by Crippen LogP contribution is 2.37. The molecule has 1 spiro atoms. The zero-order valence-corrected chi connectivity index (χ0v) is 15.7. The summed E-state index contributed by atoms with van der Waals surface area (Å²) in [6.45, 7) is 7.75. The number of amides is 1. The van der Waals surface area contributed by atoms with Crippen molar-refractivity contribution in [1.82, 2.24) is 9.80 Å². The summed E-state index contributed by atoms with van der Waals surface area (Å²) in [7, 11) is 0. The third kappa shape index (κ3) is 5.32. The van der Waals surface area contributed by atoms with Crippen LogP contribution in [0.15, 0.2) is 29.5 Å². The number of alkyl halides is 3. The predicted molar refractivity (Wildman–Crippen MR) is 96.9 cm³/mol. The number of nitrogens with zero attached hydrogens (tertiary/aromatic N) is 2. The molecule has 2 aliphatic rings. The molecule has 1 amide bonds. The fourth-order valence-electron chi connectivity index (χ4n) is 3.75. The molecule has 1 aromatic rings. The molecule has 1 N–H and O–H groups in total. The first kappa shape index (κ1) is 21.4. The van der Waals surface area contributed by atoms with E-state index in [1.165, 1.54) is 19.3 Å². The van der Waals surface area contributed by atoms with Gasteiger partial charge < -0.3 is 10.0 Å². The van der Waals surface area contributed by atoms with Crippen molar-refractivity contribution in [1.29, 1.82) is 0 Å². The lowest BCUT2D eigenvalue weighted by molar-refractivity contribution is -0.192. The zero-order valence-electron chi connectivity index (χ0n) is 14.9. The first-order valence-corrected chi connectivity index (χ1v) is 9.61. The number of carbonyl (C=O) groups is 2. The van der Waals surface area contributed by atoms with E-state index in [0.29, 0.717) is 0 Å². The average molecular weight is 404 g/mol. The van der Waals surface area contributed by atoms with Crippen LogP contribution in [0.2, 0.25) is 0 Å². The molecule has 0 radical (unpaired) electrons. The Morgan fingerprint density at radius 1 is 1.30 bits per heavy atom. The quantitative estimate of drug-likeness (QED) is 0.782. The molecule has 0 aromatic carbocycles. The number of carboxylic acids is 1. The maximum absolute atomic E-state index is 12.6. The topological polar surface area (TPSA) is 60.9 Å². The van der Waals surface area contributed by atoms with Gasteiger partial charge in [0.2, 0.25) is 0 Å². The molecule has 2 aliphatic heterocycles. The van der Waals surface area contributed by atoms with E-state index in [-0.39, 0.29) is 11.4 Å². The molecule has 0 aliphatic carbocycles. The van der Waals surface area contributed by atoms with Crippen LogP contribution in [0.1, 0.15) is 36.0 Å². The number of carboxylic acid groups (broad SMARTS) is 1. The van der Waals surface area contributed by atoms with Crippen LogP contribution in [0.4, 0.5) is 13.2 Å². The highest BCUT2D eigenvalue weighted by Gasteiger charge is 2.44.